The van der Waals surface area contributed by atoms with E-state index in [2.05, 4.69) is 36.2 Å². The largest absolute Gasteiger partial charge is 0.488 e. The second kappa shape index (κ2) is 5.93. The van der Waals surface area contributed by atoms with Crippen molar-refractivity contribution < 1.29 is 4.74 Å². The van der Waals surface area contributed by atoms with Crippen molar-refractivity contribution in [3.63, 3.8) is 0 Å². The molecule has 0 radical (unpaired) electrons. The minimum Gasteiger partial charge on any atom is -0.488 e. The van der Waals surface area contributed by atoms with Gasteiger partial charge in [-0.05, 0) is 22.8 Å². The first-order valence-corrected chi connectivity index (χ1v) is 7.01. The summed E-state index contributed by atoms with van der Waals surface area (Å²) < 4.78 is 5.90. The van der Waals surface area contributed by atoms with E-state index in [0.29, 0.717) is 0 Å². The molecule has 0 bridgehead atoms. The number of benzene rings is 2. The highest BCUT2D eigenvalue weighted by Crippen LogP contribution is 2.27. The summed E-state index contributed by atoms with van der Waals surface area (Å²) in [6.45, 7) is 5.76. The highest BCUT2D eigenvalue weighted by molar-refractivity contribution is 5.64. The maximum absolute atomic E-state index is 5.90. The summed E-state index contributed by atoms with van der Waals surface area (Å²) >= 11 is 0. The van der Waals surface area contributed by atoms with Gasteiger partial charge in [-0.1, -0.05) is 55.1 Å². The van der Waals surface area contributed by atoms with Gasteiger partial charge in [0.15, 0.2) is 0 Å². The molecular weight excluding hydrogens is 246 g/mol. The zero-order valence-corrected chi connectivity index (χ0v) is 11.5. The van der Waals surface area contributed by atoms with Crippen LogP contribution in [-0.2, 0) is 6.42 Å². The molecule has 0 fully saturated rings. The van der Waals surface area contributed by atoms with Crippen molar-refractivity contribution in [1.82, 2.24) is 5.32 Å². The van der Waals surface area contributed by atoms with E-state index >= 15 is 0 Å². The van der Waals surface area contributed by atoms with Gasteiger partial charge in [-0.2, -0.15) is 0 Å². The Hall–Kier alpha value is -2.06. The Morgan fingerprint density at radius 1 is 1.10 bits per heavy atom. The molecule has 20 heavy (non-hydrogen) atoms. The number of hydrogen-bond donors (Lipinski definition) is 1. The third-order valence-corrected chi connectivity index (χ3v) is 3.61. The van der Waals surface area contributed by atoms with E-state index in [1.807, 2.05) is 30.3 Å². The third-order valence-electron chi connectivity index (χ3n) is 3.61. The Kier molecular flexibility index (Phi) is 3.84. The normalized spacial score (nSPS) is 16.5. The molecule has 1 aliphatic rings. The van der Waals surface area contributed by atoms with Crippen LogP contribution in [0.25, 0.3) is 5.57 Å². The average Bonchev–Trinajstić information content (AvgIpc) is 2.90. The van der Waals surface area contributed by atoms with Crippen molar-refractivity contribution in [2.24, 2.45) is 0 Å². The third kappa shape index (κ3) is 2.91. The fraction of sp³-hybridized carbons (Fsp3) is 0.222. The predicted molar refractivity (Wildman–Crippen MR) is 82.9 cm³/mol. The van der Waals surface area contributed by atoms with Gasteiger partial charge >= 0.3 is 0 Å². The van der Waals surface area contributed by atoms with Crippen LogP contribution in [0.3, 0.4) is 0 Å². The predicted octanol–water partition coefficient (Wildman–Crippen LogP) is 3.29. The fourth-order valence-electron chi connectivity index (χ4n) is 2.53. The molecule has 2 aromatic carbocycles. The van der Waals surface area contributed by atoms with Gasteiger partial charge in [-0.3, -0.25) is 0 Å². The summed E-state index contributed by atoms with van der Waals surface area (Å²) in [5.74, 6) is 1.03. The maximum atomic E-state index is 5.90. The molecule has 0 saturated carbocycles. The van der Waals surface area contributed by atoms with Crippen LogP contribution in [-0.4, -0.2) is 19.2 Å². The molecule has 1 unspecified atom stereocenters. The van der Waals surface area contributed by atoms with Crippen LogP contribution in [0.4, 0.5) is 0 Å². The Labute approximate surface area is 120 Å². The van der Waals surface area contributed by atoms with Crippen molar-refractivity contribution >= 4 is 5.57 Å². The maximum Gasteiger partial charge on any atom is 0.123 e. The fourth-order valence-corrected chi connectivity index (χ4v) is 2.53. The minimum absolute atomic E-state index is 0.232. The van der Waals surface area contributed by atoms with Crippen LogP contribution in [0.15, 0.2) is 61.2 Å². The van der Waals surface area contributed by atoms with Crippen molar-refractivity contribution in [3.05, 3.63) is 72.3 Å². The number of ether oxygens (including phenoxy) is 1. The lowest BCUT2D eigenvalue weighted by Gasteiger charge is -2.13. The monoisotopic (exact) mass is 265 g/mol. The van der Waals surface area contributed by atoms with E-state index in [1.54, 1.807) is 0 Å². The second-order valence-corrected chi connectivity index (χ2v) is 5.15. The molecule has 3 rings (SSSR count). The average molecular weight is 265 g/mol. The quantitative estimate of drug-likeness (QED) is 0.895. The lowest BCUT2D eigenvalue weighted by Crippen LogP contribution is -2.31. The Bertz CT molecular complexity index is 566. The zero-order chi connectivity index (χ0) is 13.8. The first-order chi connectivity index (χ1) is 9.83. The molecule has 1 heterocycles. The van der Waals surface area contributed by atoms with Crippen LogP contribution in [0.2, 0.25) is 0 Å². The molecule has 0 aliphatic carbocycles. The summed E-state index contributed by atoms with van der Waals surface area (Å²) in [6, 6.07) is 18.5. The molecule has 0 aromatic heterocycles. The van der Waals surface area contributed by atoms with E-state index in [9.17, 15) is 0 Å². The molecule has 2 aromatic rings. The van der Waals surface area contributed by atoms with Gasteiger partial charge in [0.25, 0.3) is 0 Å². The number of rotatable bonds is 5. The zero-order valence-electron chi connectivity index (χ0n) is 11.5. The summed E-state index contributed by atoms with van der Waals surface area (Å²) in [7, 11) is 0. The first-order valence-electron chi connectivity index (χ1n) is 7.01. The highest BCUT2D eigenvalue weighted by atomic mass is 16.5. The lowest BCUT2D eigenvalue weighted by molar-refractivity contribution is 0.230. The van der Waals surface area contributed by atoms with Crippen molar-refractivity contribution in [3.8, 4) is 5.75 Å². The van der Waals surface area contributed by atoms with Gasteiger partial charge in [-0.25, -0.2) is 0 Å². The second-order valence-electron chi connectivity index (χ2n) is 5.15. The molecule has 2 heteroatoms. The standard InChI is InChI=1S/C18H19NO/c1-14(15-7-3-2-4-8-15)12-19-13-17-11-16-9-5-6-10-18(16)20-17/h2-10,17,19H,1,11-13H2. The van der Waals surface area contributed by atoms with Crippen molar-refractivity contribution in [2.75, 3.05) is 13.1 Å². The summed E-state index contributed by atoms with van der Waals surface area (Å²) in [5, 5.41) is 3.44. The Morgan fingerprint density at radius 3 is 2.65 bits per heavy atom. The van der Waals surface area contributed by atoms with Gasteiger partial charge in [-0.15, -0.1) is 0 Å². The molecule has 2 nitrogen and oxygen atoms in total. The van der Waals surface area contributed by atoms with Gasteiger partial charge in [0.2, 0.25) is 0 Å². The molecule has 0 saturated heterocycles. The van der Waals surface area contributed by atoms with Gasteiger partial charge in [0.05, 0.1) is 0 Å². The molecule has 1 N–H and O–H groups in total. The highest BCUT2D eigenvalue weighted by Gasteiger charge is 2.21. The molecule has 102 valence electrons. The van der Waals surface area contributed by atoms with Crippen molar-refractivity contribution in [2.45, 2.75) is 12.5 Å². The van der Waals surface area contributed by atoms with Crippen LogP contribution in [0.1, 0.15) is 11.1 Å². The smallest absolute Gasteiger partial charge is 0.123 e. The first kappa shape index (κ1) is 12.9. The van der Waals surface area contributed by atoms with Crippen molar-refractivity contribution in [1.29, 1.82) is 0 Å². The van der Waals surface area contributed by atoms with Gasteiger partial charge < -0.3 is 10.1 Å². The van der Waals surface area contributed by atoms with Crippen LogP contribution >= 0.6 is 0 Å². The number of nitrogens with one attached hydrogen (secondary N) is 1. The number of hydrogen-bond acceptors (Lipinski definition) is 2. The van der Waals surface area contributed by atoms with Crippen LogP contribution < -0.4 is 10.1 Å². The SMILES string of the molecule is C=C(CNCC1Cc2ccccc2O1)c1ccccc1. The van der Waals surface area contributed by atoms with E-state index in [-0.39, 0.29) is 6.10 Å². The number of fused-ring (bicyclic) bond motifs is 1. The Balaban J connectivity index is 1.47. The van der Waals surface area contributed by atoms with Crippen LogP contribution in [0.5, 0.6) is 5.75 Å². The summed E-state index contributed by atoms with van der Waals surface area (Å²) in [6.07, 6.45) is 1.22. The molecule has 1 aliphatic heterocycles. The van der Waals surface area contributed by atoms with E-state index in [4.69, 9.17) is 4.74 Å². The molecule has 0 amide bonds. The number of para-hydroxylation sites is 1. The lowest BCUT2D eigenvalue weighted by atomic mass is 10.1. The van der Waals surface area contributed by atoms with E-state index in [1.165, 1.54) is 11.1 Å². The molecule has 0 spiro atoms. The van der Waals surface area contributed by atoms with Gasteiger partial charge in [0.1, 0.15) is 11.9 Å². The minimum atomic E-state index is 0.232. The topological polar surface area (TPSA) is 21.3 Å². The van der Waals surface area contributed by atoms with Gasteiger partial charge in [0, 0.05) is 19.5 Å². The van der Waals surface area contributed by atoms with E-state index in [0.717, 1.165) is 30.8 Å². The summed E-state index contributed by atoms with van der Waals surface area (Å²) in [5.41, 5.74) is 3.61. The van der Waals surface area contributed by atoms with Crippen LogP contribution in [0, 0.1) is 0 Å². The molecular formula is C18H19NO. The van der Waals surface area contributed by atoms with E-state index < -0.39 is 0 Å². The summed E-state index contributed by atoms with van der Waals surface area (Å²) in [4.78, 5) is 0. The molecule has 1 atom stereocenters. The Morgan fingerprint density at radius 2 is 1.85 bits per heavy atom.